The fraction of sp³-hybridized carbons (Fsp3) is 0.417. The molecule has 1 N–H and O–H groups in total. The minimum absolute atomic E-state index is 0.253. The topological polar surface area (TPSA) is 29.1 Å². The SMILES string of the molecule is CSc1ccc(CC[C@@H](C)NC=O)cc1. The average molecular weight is 223 g/mol. The standard InChI is InChI=1S/C12H17NOS/c1-10(13-9-14)3-4-11-5-7-12(15-2)8-6-11/h5-10H,3-4H2,1-2H3,(H,13,14)/t10-/m1/s1. The molecule has 1 amide bonds. The van der Waals surface area contributed by atoms with Gasteiger partial charge in [0.05, 0.1) is 0 Å². The van der Waals surface area contributed by atoms with Crippen molar-refractivity contribution in [2.75, 3.05) is 6.26 Å². The summed E-state index contributed by atoms with van der Waals surface area (Å²) in [4.78, 5) is 11.5. The predicted octanol–water partition coefficient (Wildman–Crippen LogP) is 2.48. The van der Waals surface area contributed by atoms with Crippen LogP contribution in [0.3, 0.4) is 0 Å². The van der Waals surface area contributed by atoms with Crippen LogP contribution >= 0.6 is 11.8 Å². The van der Waals surface area contributed by atoms with Crippen LogP contribution in [0, 0.1) is 0 Å². The number of hydrogen-bond acceptors (Lipinski definition) is 2. The van der Waals surface area contributed by atoms with E-state index >= 15 is 0 Å². The Bertz CT molecular complexity index is 297. The molecule has 1 rings (SSSR count). The summed E-state index contributed by atoms with van der Waals surface area (Å²) in [6.07, 6.45) is 4.83. The average Bonchev–Trinajstić information content (AvgIpc) is 2.27. The summed E-state index contributed by atoms with van der Waals surface area (Å²) in [6, 6.07) is 8.83. The van der Waals surface area contributed by atoms with E-state index < -0.39 is 0 Å². The van der Waals surface area contributed by atoms with Crippen molar-refractivity contribution in [3.8, 4) is 0 Å². The van der Waals surface area contributed by atoms with E-state index in [1.165, 1.54) is 10.5 Å². The van der Waals surface area contributed by atoms with Gasteiger partial charge in [-0.2, -0.15) is 0 Å². The molecule has 0 bridgehead atoms. The van der Waals surface area contributed by atoms with Gasteiger partial charge in [0, 0.05) is 10.9 Å². The number of thioether (sulfide) groups is 1. The largest absolute Gasteiger partial charge is 0.356 e. The minimum atomic E-state index is 0.253. The van der Waals surface area contributed by atoms with Gasteiger partial charge in [0.2, 0.25) is 6.41 Å². The van der Waals surface area contributed by atoms with Gasteiger partial charge in [0.1, 0.15) is 0 Å². The Labute approximate surface area is 95.5 Å². The van der Waals surface area contributed by atoms with Crippen LogP contribution in [0.1, 0.15) is 18.9 Å². The monoisotopic (exact) mass is 223 g/mol. The van der Waals surface area contributed by atoms with Crippen LogP contribution in [0.25, 0.3) is 0 Å². The highest BCUT2D eigenvalue weighted by atomic mass is 32.2. The van der Waals surface area contributed by atoms with Gasteiger partial charge in [-0.25, -0.2) is 0 Å². The molecule has 0 aromatic heterocycles. The number of rotatable bonds is 6. The number of nitrogens with one attached hydrogen (secondary N) is 1. The molecular weight excluding hydrogens is 206 g/mol. The summed E-state index contributed by atoms with van der Waals surface area (Å²) < 4.78 is 0. The lowest BCUT2D eigenvalue weighted by atomic mass is 10.1. The van der Waals surface area contributed by atoms with E-state index in [2.05, 4.69) is 35.8 Å². The van der Waals surface area contributed by atoms with E-state index in [4.69, 9.17) is 0 Å². The van der Waals surface area contributed by atoms with Gasteiger partial charge in [0.15, 0.2) is 0 Å². The van der Waals surface area contributed by atoms with Crippen molar-refractivity contribution in [2.45, 2.75) is 30.7 Å². The van der Waals surface area contributed by atoms with Crippen molar-refractivity contribution in [2.24, 2.45) is 0 Å². The third-order valence-corrected chi connectivity index (χ3v) is 3.12. The number of benzene rings is 1. The zero-order valence-electron chi connectivity index (χ0n) is 9.19. The molecular formula is C12H17NOS. The highest BCUT2D eigenvalue weighted by molar-refractivity contribution is 7.98. The molecule has 0 fully saturated rings. The van der Waals surface area contributed by atoms with E-state index in [1.807, 2.05) is 6.92 Å². The summed E-state index contributed by atoms with van der Waals surface area (Å²) in [5.74, 6) is 0. The summed E-state index contributed by atoms with van der Waals surface area (Å²) in [5, 5.41) is 2.75. The number of carbonyl (C=O) groups excluding carboxylic acids is 1. The number of aryl methyl sites for hydroxylation is 1. The summed E-state index contributed by atoms with van der Waals surface area (Å²) >= 11 is 1.75. The maximum absolute atomic E-state index is 10.2. The first-order chi connectivity index (χ1) is 7.26. The van der Waals surface area contributed by atoms with Crippen LogP contribution in [0.4, 0.5) is 0 Å². The smallest absolute Gasteiger partial charge is 0.207 e. The molecule has 0 aliphatic carbocycles. The molecule has 1 aromatic carbocycles. The molecule has 1 aromatic rings. The lowest BCUT2D eigenvalue weighted by molar-refractivity contribution is -0.110. The van der Waals surface area contributed by atoms with E-state index in [-0.39, 0.29) is 6.04 Å². The summed E-state index contributed by atoms with van der Waals surface area (Å²) in [5.41, 5.74) is 1.33. The minimum Gasteiger partial charge on any atom is -0.356 e. The fourth-order valence-electron chi connectivity index (χ4n) is 1.37. The molecule has 0 aliphatic rings. The summed E-state index contributed by atoms with van der Waals surface area (Å²) in [6.45, 7) is 2.02. The van der Waals surface area contributed by atoms with Gasteiger partial charge in [-0.3, -0.25) is 4.79 Å². The molecule has 82 valence electrons. The van der Waals surface area contributed by atoms with Gasteiger partial charge in [0.25, 0.3) is 0 Å². The highest BCUT2D eigenvalue weighted by Crippen LogP contribution is 2.15. The molecule has 0 saturated carbocycles. The van der Waals surface area contributed by atoms with E-state index in [9.17, 15) is 4.79 Å². The Balaban J connectivity index is 2.40. The Hall–Kier alpha value is -0.960. The van der Waals surface area contributed by atoms with Crippen LogP contribution in [-0.4, -0.2) is 18.7 Å². The van der Waals surface area contributed by atoms with Crippen molar-refractivity contribution in [1.29, 1.82) is 0 Å². The van der Waals surface area contributed by atoms with Gasteiger partial charge in [-0.1, -0.05) is 12.1 Å². The van der Waals surface area contributed by atoms with Gasteiger partial charge in [-0.05, 0) is 43.7 Å². The molecule has 15 heavy (non-hydrogen) atoms. The van der Waals surface area contributed by atoms with Crippen LogP contribution in [0.2, 0.25) is 0 Å². The van der Waals surface area contributed by atoms with Crippen LogP contribution < -0.4 is 5.32 Å². The molecule has 0 aliphatic heterocycles. The molecule has 0 radical (unpaired) electrons. The van der Waals surface area contributed by atoms with Gasteiger partial charge in [-0.15, -0.1) is 11.8 Å². The fourth-order valence-corrected chi connectivity index (χ4v) is 1.78. The van der Waals surface area contributed by atoms with Crippen molar-refractivity contribution in [3.63, 3.8) is 0 Å². The van der Waals surface area contributed by atoms with Crippen LogP contribution in [0.5, 0.6) is 0 Å². The van der Waals surface area contributed by atoms with Crippen molar-refractivity contribution in [1.82, 2.24) is 5.32 Å². The second-order valence-corrected chi connectivity index (χ2v) is 4.45. The first-order valence-electron chi connectivity index (χ1n) is 5.09. The maximum Gasteiger partial charge on any atom is 0.207 e. The number of hydrogen-bond donors (Lipinski definition) is 1. The Kier molecular flexibility index (Phi) is 5.26. The second-order valence-electron chi connectivity index (χ2n) is 3.57. The zero-order valence-corrected chi connectivity index (χ0v) is 10.0. The number of amides is 1. The third-order valence-electron chi connectivity index (χ3n) is 2.38. The molecule has 0 unspecified atom stereocenters. The van der Waals surface area contributed by atoms with E-state index in [0.717, 1.165) is 19.3 Å². The molecule has 0 heterocycles. The van der Waals surface area contributed by atoms with E-state index in [0.29, 0.717) is 0 Å². The Morgan fingerprint density at radius 3 is 2.60 bits per heavy atom. The van der Waals surface area contributed by atoms with Crippen molar-refractivity contribution >= 4 is 18.2 Å². The molecule has 3 heteroatoms. The zero-order chi connectivity index (χ0) is 11.1. The van der Waals surface area contributed by atoms with Crippen molar-refractivity contribution in [3.05, 3.63) is 29.8 Å². The quantitative estimate of drug-likeness (QED) is 0.593. The van der Waals surface area contributed by atoms with Gasteiger partial charge < -0.3 is 5.32 Å². The highest BCUT2D eigenvalue weighted by Gasteiger charge is 2.00. The van der Waals surface area contributed by atoms with Crippen LogP contribution in [0.15, 0.2) is 29.2 Å². The van der Waals surface area contributed by atoms with E-state index in [1.54, 1.807) is 11.8 Å². The predicted molar refractivity (Wildman–Crippen MR) is 65.2 cm³/mol. The first-order valence-corrected chi connectivity index (χ1v) is 6.31. The van der Waals surface area contributed by atoms with Gasteiger partial charge >= 0.3 is 0 Å². The molecule has 0 saturated heterocycles. The second kappa shape index (κ2) is 6.51. The molecule has 1 atom stereocenters. The lowest BCUT2D eigenvalue weighted by Gasteiger charge is -2.09. The maximum atomic E-state index is 10.2. The van der Waals surface area contributed by atoms with Crippen molar-refractivity contribution < 1.29 is 4.79 Å². The Morgan fingerprint density at radius 2 is 2.07 bits per heavy atom. The third kappa shape index (κ3) is 4.38. The van der Waals surface area contributed by atoms with Crippen LogP contribution in [-0.2, 0) is 11.2 Å². The number of carbonyl (C=O) groups is 1. The summed E-state index contributed by atoms with van der Waals surface area (Å²) in [7, 11) is 0. The normalized spacial score (nSPS) is 12.1. The first kappa shape index (κ1) is 12.1. The molecule has 0 spiro atoms. The Morgan fingerprint density at radius 1 is 1.40 bits per heavy atom. The molecule has 2 nitrogen and oxygen atoms in total. The lowest BCUT2D eigenvalue weighted by Crippen LogP contribution is -2.24.